The normalized spacial score (nSPS) is 11.9. The van der Waals surface area contributed by atoms with E-state index in [4.69, 9.17) is 0 Å². The van der Waals surface area contributed by atoms with E-state index in [2.05, 4.69) is 15.0 Å². The zero-order chi connectivity index (χ0) is 19.1. The summed E-state index contributed by atoms with van der Waals surface area (Å²) < 4.78 is 63.5. The average Bonchev–Trinajstić information content (AvgIpc) is 2.99. The third-order valence-electron chi connectivity index (χ3n) is 3.70. The van der Waals surface area contributed by atoms with Gasteiger partial charge in [-0.25, -0.2) is 26.6 Å². The van der Waals surface area contributed by atoms with Crippen LogP contribution in [0.15, 0.2) is 41.6 Å². The van der Waals surface area contributed by atoms with Crippen molar-refractivity contribution >= 4 is 9.84 Å². The van der Waals surface area contributed by atoms with E-state index in [1.807, 2.05) is 0 Å². The molecule has 0 saturated carbocycles. The predicted molar refractivity (Wildman–Crippen MR) is 90.0 cm³/mol. The number of pyridine rings is 1. The number of benzene rings is 1. The van der Waals surface area contributed by atoms with E-state index in [0.717, 1.165) is 24.0 Å². The average molecular weight is 381 g/mol. The highest BCUT2D eigenvalue weighted by atomic mass is 32.2. The number of H-pyrrole nitrogens is 1. The summed E-state index contributed by atoms with van der Waals surface area (Å²) >= 11 is 0. The molecule has 0 fully saturated rings. The Morgan fingerprint density at radius 3 is 2.42 bits per heavy atom. The predicted octanol–water partition coefficient (Wildman–Crippen LogP) is 3.93. The maximum atomic E-state index is 14.2. The van der Waals surface area contributed by atoms with Gasteiger partial charge in [0, 0.05) is 29.8 Å². The summed E-state index contributed by atoms with van der Waals surface area (Å²) in [6, 6.07) is 5.13. The van der Waals surface area contributed by atoms with Crippen LogP contribution in [-0.2, 0) is 9.84 Å². The molecule has 0 aliphatic rings. The van der Waals surface area contributed by atoms with Crippen molar-refractivity contribution in [3.05, 3.63) is 53.9 Å². The summed E-state index contributed by atoms with van der Waals surface area (Å²) in [5.41, 5.74) is 1.82. The van der Waals surface area contributed by atoms with Gasteiger partial charge >= 0.3 is 0 Å². The number of imidazole rings is 1. The van der Waals surface area contributed by atoms with Crippen molar-refractivity contribution in [2.75, 3.05) is 6.26 Å². The van der Waals surface area contributed by atoms with Crippen LogP contribution in [-0.4, -0.2) is 29.6 Å². The minimum absolute atomic E-state index is 0.159. The molecule has 0 bridgehead atoms. The van der Waals surface area contributed by atoms with Gasteiger partial charge < -0.3 is 4.98 Å². The van der Waals surface area contributed by atoms with Crippen molar-refractivity contribution in [1.82, 2.24) is 15.0 Å². The highest BCUT2D eigenvalue weighted by Crippen LogP contribution is 2.33. The number of nitrogens with zero attached hydrogens (tertiary/aromatic N) is 2. The van der Waals surface area contributed by atoms with Crippen molar-refractivity contribution in [2.24, 2.45) is 0 Å². The van der Waals surface area contributed by atoms with Crippen LogP contribution in [0.25, 0.3) is 22.5 Å². The van der Waals surface area contributed by atoms with E-state index in [0.29, 0.717) is 5.56 Å². The third-order valence-corrected chi connectivity index (χ3v) is 4.83. The van der Waals surface area contributed by atoms with Crippen molar-refractivity contribution in [1.29, 1.82) is 0 Å². The van der Waals surface area contributed by atoms with Gasteiger partial charge in [0.2, 0.25) is 0 Å². The van der Waals surface area contributed by atoms with Crippen LogP contribution in [0, 0.1) is 12.7 Å². The number of hydrogen-bond donors (Lipinski definition) is 1. The van der Waals surface area contributed by atoms with Gasteiger partial charge in [-0.1, -0.05) is 6.07 Å². The molecular formula is C17H14F3N3O2S. The molecule has 1 aromatic carbocycles. The number of alkyl halides is 2. The maximum Gasteiger partial charge on any atom is 0.295 e. The Balaban J connectivity index is 2.20. The molecule has 3 rings (SSSR count). The number of aromatic nitrogens is 3. The fraction of sp³-hybridized carbons (Fsp3) is 0.176. The number of halogens is 3. The molecule has 1 N–H and O–H groups in total. The molecule has 0 atom stereocenters. The minimum Gasteiger partial charge on any atom is -0.337 e. The lowest BCUT2D eigenvalue weighted by Gasteiger charge is -2.06. The first-order chi connectivity index (χ1) is 12.2. The zero-order valence-corrected chi connectivity index (χ0v) is 14.6. The largest absolute Gasteiger partial charge is 0.337 e. The molecular weight excluding hydrogens is 367 g/mol. The molecule has 0 aliphatic heterocycles. The molecule has 2 aromatic heterocycles. The topological polar surface area (TPSA) is 75.7 Å². The molecule has 26 heavy (non-hydrogen) atoms. The lowest BCUT2D eigenvalue weighted by Crippen LogP contribution is -2.01. The quantitative estimate of drug-likeness (QED) is 0.743. The van der Waals surface area contributed by atoms with E-state index in [1.54, 1.807) is 19.2 Å². The number of hydrogen-bond acceptors (Lipinski definition) is 4. The molecule has 0 saturated heterocycles. The standard InChI is InChI=1S/C17H14F3N3O2S/c1-9-5-11(8-21-7-9)15-14(22-17(23-15)16(19)20)10-3-4-13(12(18)6-10)26(2,24)25/h3-8,16H,1-2H3,(H,22,23). The number of aromatic amines is 1. The van der Waals surface area contributed by atoms with Gasteiger partial charge in [0.15, 0.2) is 15.7 Å². The molecule has 0 aliphatic carbocycles. The van der Waals surface area contributed by atoms with Gasteiger partial charge in [0.1, 0.15) is 10.7 Å². The number of nitrogens with one attached hydrogen (secondary N) is 1. The van der Waals surface area contributed by atoms with Gasteiger partial charge in [-0.15, -0.1) is 0 Å². The lowest BCUT2D eigenvalue weighted by molar-refractivity contribution is 0.141. The van der Waals surface area contributed by atoms with Gasteiger partial charge in [-0.3, -0.25) is 4.98 Å². The van der Waals surface area contributed by atoms with Gasteiger partial charge in [-0.2, -0.15) is 0 Å². The van der Waals surface area contributed by atoms with Crippen LogP contribution < -0.4 is 0 Å². The first kappa shape index (κ1) is 18.1. The first-order valence-electron chi connectivity index (χ1n) is 7.47. The second kappa shape index (κ2) is 6.56. The molecule has 3 aromatic rings. The molecule has 136 valence electrons. The summed E-state index contributed by atoms with van der Waals surface area (Å²) in [4.78, 5) is 9.96. The SMILES string of the molecule is Cc1cncc(-c2nc(C(F)F)[nH]c2-c2ccc(S(C)(=O)=O)c(F)c2)c1. The van der Waals surface area contributed by atoms with Crippen molar-refractivity contribution in [3.8, 4) is 22.5 Å². The van der Waals surface area contributed by atoms with Crippen LogP contribution in [0.2, 0.25) is 0 Å². The Morgan fingerprint density at radius 1 is 1.12 bits per heavy atom. The summed E-state index contributed by atoms with van der Waals surface area (Å²) in [7, 11) is -3.74. The van der Waals surface area contributed by atoms with Crippen LogP contribution in [0.3, 0.4) is 0 Å². The highest BCUT2D eigenvalue weighted by Gasteiger charge is 2.21. The Hall–Kier alpha value is -2.68. The second-order valence-corrected chi connectivity index (χ2v) is 7.80. The second-order valence-electron chi connectivity index (χ2n) is 5.81. The first-order valence-corrected chi connectivity index (χ1v) is 9.36. The Kier molecular flexibility index (Phi) is 4.57. The van der Waals surface area contributed by atoms with Crippen molar-refractivity contribution < 1.29 is 21.6 Å². The smallest absolute Gasteiger partial charge is 0.295 e. The summed E-state index contributed by atoms with van der Waals surface area (Å²) in [6.07, 6.45) is 1.11. The lowest BCUT2D eigenvalue weighted by atomic mass is 10.1. The maximum absolute atomic E-state index is 14.2. The van der Waals surface area contributed by atoms with E-state index < -0.39 is 32.8 Å². The van der Waals surface area contributed by atoms with Crippen LogP contribution >= 0.6 is 0 Å². The van der Waals surface area contributed by atoms with E-state index in [1.165, 1.54) is 12.3 Å². The van der Waals surface area contributed by atoms with E-state index in [-0.39, 0.29) is 17.0 Å². The fourth-order valence-corrected chi connectivity index (χ4v) is 3.28. The van der Waals surface area contributed by atoms with Crippen LogP contribution in [0.5, 0.6) is 0 Å². The number of rotatable bonds is 4. The molecule has 2 heterocycles. The van der Waals surface area contributed by atoms with E-state index in [9.17, 15) is 21.6 Å². The molecule has 9 heteroatoms. The van der Waals surface area contributed by atoms with Crippen molar-refractivity contribution in [3.63, 3.8) is 0 Å². The zero-order valence-electron chi connectivity index (χ0n) is 13.8. The highest BCUT2D eigenvalue weighted by molar-refractivity contribution is 7.90. The molecule has 0 radical (unpaired) electrons. The minimum atomic E-state index is -3.74. The summed E-state index contributed by atoms with van der Waals surface area (Å²) in [5.74, 6) is -1.53. The van der Waals surface area contributed by atoms with E-state index >= 15 is 0 Å². The number of aryl methyl sites for hydroxylation is 1. The molecule has 0 unspecified atom stereocenters. The van der Waals surface area contributed by atoms with Crippen LogP contribution in [0.1, 0.15) is 17.8 Å². The third kappa shape index (κ3) is 3.48. The monoisotopic (exact) mass is 381 g/mol. The molecule has 5 nitrogen and oxygen atoms in total. The van der Waals surface area contributed by atoms with Crippen LogP contribution in [0.4, 0.5) is 13.2 Å². The van der Waals surface area contributed by atoms with Gasteiger partial charge in [0.25, 0.3) is 6.43 Å². The molecule has 0 spiro atoms. The Bertz CT molecular complexity index is 1080. The summed E-state index contributed by atoms with van der Waals surface area (Å²) in [5, 5.41) is 0. The Morgan fingerprint density at radius 2 is 1.85 bits per heavy atom. The molecule has 0 amide bonds. The van der Waals surface area contributed by atoms with Gasteiger partial charge in [-0.05, 0) is 30.7 Å². The number of sulfone groups is 1. The van der Waals surface area contributed by atoms with Gasteiger partial charge in [0.05, 0.1) is 11.4 Å². The fourth-order valence-electron chi connectivity index (χ4n) is 2.55. The van der Waals surface area contributed by atoms with Crippen molar-refractivity contribution in [2.45, 2.75) is 18.2 Å². The Labute approximate surface area is 147 Å². The summed E-state index contributed by atoms with van der Waals surface area (Å²) in [6.45, 7) is 1.79.